The molecule has 0 atom stereocenters. The average molecular weight is 408 g/mol. The zero-order chi connectivity index (χ0) is 18.1. The highest BCUT2D eigenvalue weighted by Gasteiger charge is 2.33. The van der Waals surface area contributed by atoms with Gasteiger partial charge in [-0.05, 0) is 17.6 Å². The van der Waals surface area contributed by atoms with Crippen LogP contribution < -0.4 is 10.1 Å². The van der Waals surface area contributed by atoms with Crippen LogP contribution in [-0.4, -0.2) is 21.9 Å². The number of nitrogens with one attached hydrogen (secondary N) is 1. The van der Waals surface area contributed by atoms with Gasteiger partial charge in [0.05, 0.1) is 5.02 Å². The van der Waals surface area contributed by atoms with Crippen LogP contribution in [0, 0.1) is 0 Å². The predicted molar refractivity (Wildman–Crippen MR) is 76.0 cm³/mol. The van der Waals surface area contributed by atoms with E-state index in [1.807, 2.05) is 5.32 Å². The number of carbonyl (C=O) groups is 1. The van der Waals surface area contributed by atoms with Gasteiger partial charge < -0.3 is 10.1 Å². The molecule has 2 aromatic rings. The molecular weight excluding hydrogens is 404 g/mol. The lowest BCUT2D eigenvalue weighted by Gasteiger charge is -2.15. The van der Waals surface area contributed by atoms with Crippen molar-refractivity contribution in [3.8, 4) is 5.75 Å². The minimum atomic E-state index is -5.09. The Morgan fingerprint density at radius 3 is 2.54 bits per heavy atom. The molecule has 1 aromatic heterocycles. The standard InChI is InChI=1S/C11H4Cl2F5N3O2S/c12-3-1-4(13)6(5(2-3)23-11(16,17)18)19-10(22)8-7(9(14)15)20-21-24-8/h1-2,9H,(H,19,22). The van der Waals surface area contributed by atoms with Crippen molar-refractivity contribution in [2.45, 2.75) is 12.8 Å². The van der Waals surface area contributed by atoms with Crippen molar-refractivity contribution in [2.75, 3.05) is 5.32 Å². The van der Waals surface area contributed by atoms with Crippen LogP contribution in [0.4, 0.5) is 27.6 Å². The Labute approximate surface area is 144 Å². The molecule has 1 amide bonds. The van der Waals surface area contributed by atoms with E-state index in [1.54, 1.807) is 0 Å². The van der Waals surface area contributed by atoms with Crippen molar-refractivity contribution < 1.29 is 31.5 Å². The molecule has 5 nitrogen and oxygen atoms in total. The van der Waals surface area contributed by atoms with Gasteiger partial charge in [0.1, 0.15) is 10.6 Å². The van der Waals surface area contributed by atoms with E-state index in [1.165, 1.54) is 0 Å². The first-order chi connectivity index (χ1) is 11.1. The first kappa shape index (κ1) is 18.6. The summed E-state index contributed by atoms with van der Waals surface area (Å²) in [6, 6.07) is 1.80. The molecule has 0 saturated carbocycles. The van der Waals surface area contributed by atoms with E-state index < -0.39 is 40.7 Å². The van der Waals surface area contributed by atoms with Crippen LogP contribution in [0.1, 0.15) is 21.8 Å². The molecular formula is C11H4Cl2F5N3O2S. The lowest BCUT2D eigenvalue weighted by Crippen LogP contribution is -2.20. The summed E-state index contributed by atoms with van der Waals surface area (Å²) in [5.74, 6) is -2.07. The monoisotopic (exact) mass is 407 g/mol. The Hall–Kier alpha value is -1.72. The molecule has 2 rings (SSSR count). The molecule has 0 unspecified atom stereocenters. The summed E-state index contributed by atoms with van der Waals surface area (Å²) in [4.78, 5) is 11.4. The van der Waals surface area contributed by atoms with Crippen LogP contribution in [-0.2, 0) is 0 Å². The lowest BCUT2D eigenvalue weighted by atomic mass is 10.2. The maximum absolute atomic E-state index is 12.7. The quantitative estimate of drug-likeness (QED) is 0.729. The number of ether oxygens (including phenoxy) is 1. The van der Waals surface area contributed by atoms with Crippen LogP contribution in [0.15, 0.2) is 12.1 Å². The van der Waals surface area contributed by atoms with Gasteiger partial charge in [-0.15, -0.1) is 18.3 Å². The van der Waals surface area contributed by atoms with Crippen LogP contribution in [0.5, 0.6) is 5.75 Å². The summed E-state index contributed by atoms with van der Waals surface area (Å²) in [5, 5.41) is 4.48. The fourth-order valence-electron chi connectivity index (χ4n) is 1.54. The predicted octanol–water partition coefficient (Wildman–Crippen LogP) is 4.93. The zero-order valence-corrected chi connectivity index (χ0v) is 13.3. The molecule has 0 aliphatic rings. The van der Waals surface area contributed by atoms with Gasteiger partial charge in [-0.3, -0.25) is 4.79 Å². The Kier molecular flexibility index (Phi) is 5.45. The van der Waals surface area contributed by atoms with Crippen molar-refractivity contribution in [1.82, 2.24) is 9.59 Å². The lowest BCUT2D eigenvalue weighted by molar-refractivity contribution is -0.274. The summed E-state index contributed by atoms with van der Waals surface area (Å²) < 4.78 is 69.6. The number of anilines is 1. The number of hydrogen-bond donors (Lipinski definition) is 1. The third-order valence-electron chi connectivity index (χ3n) is 2.41. The topological polar surface area (TPSA) is 64.1 Å². The number of carbonyl (C=O) groups excluding carboxylic acids is 1. The van der Waals surface area contributed by atoms with Crippen molar-refractivity contribution in [2.24, 2.45) is 0 Å². The first-order valence-corrected chi connectivity index (χ1v) is 7.28. The molecule has 0 saturated heterocycles. The van der Waals surface area contributed by atoms with E-state index >= 15 is 0 Å². The Bertz CT molecular complexity index is 769. The summed E-state index contributed by atoms with van der Waals surface area (Å²) in [5.41, 5.74) is -1.49. The minimum absolute atomic E-state index is 0.190. The fourth-order valence-corrected chi connectivity index (χ4v) is 2.63. The van der Waals surface area contributed by atoms with E-state index in [0.717, 1.165) is 12.1 Å². The largest absolute Gasteiger partial charge is 0.573 e. The van der Waals surface area contributed by atoms with E-state index in [-0.39, 0.29) is 10.0 Å². The average Bonchev–Trinajstić information content (AvgIpc) is 2.90. The Morgan fingerprint density at radius 1 is 1.29 bits per heavy atom. The van der Waals surface area contributed by atoms with Gasteiger partial charge in [0.25, 0.3) is 12.3 Å². The van der Waals surface area contributed by atoms with Gasteiger partial charge in [0, 0.05) is 11.1 Å². The smallest absolute Gasteiger partial charge is 0.403 e. The molecule has 1 heterocycles. The SMILES string of the molecule is O=C(Nc1c(Cl)cc(Cl)cc1OC(F)(F)F)c1snnc1C(F)F. The maximum atomic E-state index is 12.7. The van der Waals surface area contributed by atoms with E-state index in [2.05, 4.69) is 14.3 Å². The van der Waals surface area contributed by atoms with Crippen molar-refractivity contribution in [3.05, 3.63) is 32.7 Å². The van der Waals surface area contributed by atoms with Crippen LogP contribution in [0.3, 0.4) is 0 Å². The van der Waals surface area contributed by atoms with E-state index in [4.69, 9.17) is 23.2 Å². The third-order valence-corrected chi connectivity index (χ3v) is 3.67. The molecule has 1 aromatic carbocycles. The minimum Gasteiger partial charge on any atom is -0.403 e. The van der Waals surface area contributed by atoms with Gasteiger partial charge in [-0.2, -0.15) is 0 Å². The molecule has 0 aliphatic carbocycles. The van der Waals surface area contributed by atoms with Crippen LogP contribution >= 0.6 is 34.7 Å². The first-order valence-electron chi connectivity index (χ1n) is 5.75. The van der Waals surface area contributed by atoms with Crippen molar-refractivity contribution >= 4 is 46.3 Å². The highest BCUT2D eigenvalue weighted by atomic mass is 35.5. The summed E-state index contributed by atoms with van der Waals surface area (Å²) in [6.07, 6.45) is -8.18. The fraction of sp³-hybridized carbons (Fsp3) is 0.182. The zero-order valence-electron chi connectivity index (χ0n) is 11.0. The second-order valence-corrected chi connectivity index (χ2v) is 5.65. The third kappa shape index (κ3) is 4.42. The van der Waals surface area contributed by atoms with E-state index in [0.29, 0.717) is 11.5 Å². The Morgan fingerprint density at radius 2 is 1.96 bits per heavy atom. The number of rotatable bonds is 4. The highest BCUT2D eigenvalue weighted by Crippen LogP contribution is 2.39. The molecule has 0 fully saturated rings. The van der Waals surface area contributed by atoms with Crippen molar-refractivity contribution in [1.29, 1.82) is 0 Å². The number of amides is 1. The molecule has 0 spiro atoms. The summed E-state index contributed by atoms with van der Waals surface area (Å²) in [7, 11) is 0. The second kappa shape index (κ2) is 7.03. The molecule has 0 radical (unpaired) electrons. The molecule has 0 aliphatic heterocycles. The van der Waals surface area contributed by atoms with Gasteiger partial charge in [0.2, 0.25) is 0 Å². The number of nitrogens with zero attached hydrogens (tertiary/aromatic N) is 2. The number of hydrogen-bond acceptors (Lipinski definition) is 5. The number of alkyl halides is 5. The molecule has 1 N–H and O–H groups in total. The summed E-state index contributed by atoms with van der Waals surface area (Å²) >= 11 is 11.7. The number of aromatic nitrogens is 2. The Balaban J connectivity index is 2.38. The van der Waals surface area contributed by atoms with Crippen LogP contribution in [0.25, 0.3) is 0 Å². The van der Waals surface area contributed by atoms with Gasteiger partial charge in [-0.1, -0.05) is 27.7 Å². The molecule has 13 heteroatoms. The number of benzene rings is 1. The van der Waals surface area contributed by atoms with Gasteiger partial charge >= 0.3 is 6.36 Å². The van der Waals surface area contributed by atoms with Gasteiger partial charge in [0.15, 0.2) is 11.4 Å². The second-order valence-electron chi connectivity index (χ2n) is 4.05. The molecule has 24 heavy (non-hydrogen) atoms. The normalized spacial score (nSPS) is 11.7. The summed E-state index contributed by atoms with van der Waals surface area (Å²) in [6.45, 7) is 0. The van der Waals surface area contributed by atoms with Crippen LogP contribution in [0.2, 0.25) is 10.0 Å². The van der Waals surface area contributed by atoms with E-state index in [9.17, 15) is 26.7 Å². The van der Waals surface area contributed by atoms with Crippen molar-refractivity contribution in [3.63, 3.8) is 0 Å². The number of halogens is 7. The molecule has 130 valence electrons. The molecule has 0 bridgehead atoms. The highest BCUT2D eigenvalue weighted by molar-refractivity contribution is 7.08. The maximum Gasteiger partial charge on any atom is 0.573 e. The van der Waals surface area contributed by atoms with Gasteiger partial charge in [-0.25, -0.2) is 8.78 Å².